The number of Topliss-reactive ketones (excluding diaryl/α,β-unsaturated/α-hetero) is 1. The monoisotopic (exact) mass is 604 g/mol. The second-order valence-electron chi connectivity index (χ2n) is 8.71. The Balaban J connectivity index is 3.33. The average Bonchev–Trinajstić information content (AvgIpc) is 2.65. The Bertz CT molecular complexity index is 566. The maximum atomic E-state index is 12.7. The lowest BCUT2D eigenvalue weighted by Gasteiger charge is -2.57. The van der Waals surface area contributed by atoms with Gasteiger partial charge in [0.25, 0.3) is 0 Å². The second kappa shape index (κ2) is 9.85. The van der Waals surface area contributed by atoms with Crippen LogP contribution in [0.3, 0.4) is 0 Å². The first kappa shape index (κ1) is 25.3. The third-order valence-corrected chi connectivity index (χ3v) is 10.6. The highest BCUT2D eigenvalue weighted by Gasteiger charge is 2.57. The van der Waals surface area contributed by atoms with Crippen LogP contribution in [0.15, 0.2) is 0 Å². The molecule has 1 rings (SSSR count). The molecule has 1 aliphatic carbocycles. The molecule has 1 saturated carbocycles. The van der Waals surface area contributed by atoms with Crippen LogP contribution >= 0.6 is 45.6 Å². The predicted octanol–water partition coefficient (Wildman–Crippen LogP) is 6.12. The van der Waals surface area contributed by atoms with Crippen molar-refractivity contribution in [3.63, 3.8) is 0 Å². The molecule has 0 aliphatic heterocycles. The minimum absolute atomic E-state index is 0.198. The summed E-state index contributed by atoms with van der Waals surface area (Å²) in [6, 6.07) is 0. The van der Waals surface area contributed by atoms with Gasteiger partial charge in [0.15, 0.2) is 23.0 Å². The summed E-state index contributed by atoms with van der Waals surface area (Å²) in [7, 11) is 0. The minimum atomic E-state index is -0.363. The third-order valence-electron chi connectivity index (χ3n) is 7.89. The molecule has 0 aromatic carbocycles. The van der Waals surface area contributed by atoms with Crippen molar-refractivity contribution < 1.29 is 17.4 Å². The molecule has 0 bridgehead atoms. The van der Waals surface area contributed by atoms with Crippen LogP contribution in [0.1, 0.15) is 80.1 Å². The fraction of sp³-hybridized carbons (Fsp3) is 0.857. The van der Waals surface area contributed by atoms with E-state index in [2.05, 4.69) is 57.2 Å². The number of aldehydes is 1. The maximum absolute atomic E-state index is 12.7. The second-order valence-corrected chi connectivity index (χ2v) is 11.2. The minimum Gasteiger partial charge on any atom is -0.394 e. The summed E-state index contributed by atoms with van der Waals surface area (Å²) in [5.74, 6) is 0.818. The number of alkyl halides is 1. The van der Waals surface area contributed by atoms with E-state index in [9.17, 15) is 14.4 Å². The van der Waals surface area contributed by atoms with Crippen LogP contribution < -0.4 is 0 Å². The van der Waals surface area contributed by atoms with Crippen LogP contribution in [0.4, 0.5) is 0 Å². The average molecular weight is 604 g/mol. The smallest absolute Gasteiger partial charge is 0.315 e. The first-order chi connectivity index (χ1) is 12.5. The number of rotatable bonds is 9. The van der Waals surface area contributed by atoms with Crippen molar-refractivity contribution in [1.82, 2.24) is 0 Å². The summed E-state index contributed by atoms with van der Waals surface area (Å²) in [6.45, 7) is 12.7. The van der Waals surface area contributed by atoms with Gasteiger partial charge in [0.1, 0.15) is 12.1 Å². The van der Waals surface area contributed by atoms with Crippen LogP contribution in [-0.4, -0.2) is 21.5 Å². The Morgan fingerprint density at radius 2 is 1.96 bits per heavy atom. The van der Waals surface area contributed by atoms with Gasteiger partial charge in [-0.2, -0.15) is 0 Å². The fourth-order valence-corrected chi connectivity index (χ4v) is 6.59. The molecule has 1 aliphatic rings. The summed E-state index contributed by atoms with van der Waals surface area (Å²) in [5, 5.41) is 0. The molecule has 0 heterocycles. The van der Waals surface area contributed by atoms with Gasteiger partial charge >= 0.3 is 5.97 Å². The Hall–Kier alpha value is 0.270. The van der Waals surface area contributed by atoms with E-state index >= 15 is 0 Å². The largest absolute Gasteiger partial charge is 0.394 e. The van der Waals surface area contributed by atoms with Crippen molar-refractivity contribution in [2.45, 2.75) is 83.5 Å². The van der Waals surface area contributed by atoms with Gasteiger partial charge in [-0.3, -0.25) is 9.59 Å². The number of ketones is 1. The molecule has 0 saturated heterocycles. The molecule has 0 spiro atoms. The predicted molar refractivity (Wildman–Crippen MR) is 125 cm³/mol. The molecule has 156 valence electrons. The van der Waals surface area contributed by atoms with Crippen molar-refractivity contribution in [1.29, 1.82) is 0 Å². The molecule has 0 amide bonds. The van der Waals surface area contributed by atoms with Gasteiger partial charge in [0.2, 0.25) is 0 Å². The summed E-state index contributed by atoms with van der Waals surface area (Å²) in [4.78, 5) is 36.4. The van der Waals surface area contributed by atoms with Gasteiger partial charge in [-0.25, -0.2) is 0 Å². The summed E-state index contributed by atoms with van der Waals surface area (Å²) < 4.78 is 4.69. The van der Waals surface area contributed by atoms with E-state index in [4.69, 9.17) is 3.07 Å². The van der Waals surface area contributed by atoms with E-state index in [-0.39, 0.29) is 32.1 Å². The molecule has 0 radical (unpaired) electrons. The highest BCUT2D eigenvalue weighted by atomic mass is 127. The quantitative estimate of drug-likeness (QED) is 0.181. The van der Waals surface area contributed by atoms with Crippen molar-refractivity contribution >= 4 is 63.6 Å². The summed E-state index contributed by atoms with van der Waals surface area (Å²) in [6.07, 6.45) is 4.92. The normalized spacial score (nSPS) is 34.4. The zero-order valence-electron chi connectivity index (χ0n) is 17.4. The molecule has 6 atom stereocenters. The molecular formula is C21H34I2O4. The lowest BCUT2D eigenvalue weighted by atomic mass is 9.51. The maximum Gasteiger partial charge on any atom is 0.315 e. The van der Waals surface area contributed by atoms with E-state index in [0.717, 1.165) is 25.5 Å². The van der Waals surface area contributed by atoms with E-state index < -0.39 is 0 Å². The molecule has 4 nitrogen and oxygen atoms in total. The van der Waals surface area contributed by atoms with Gasteiger partial charge in [-0.1, -0.05) is 64.1 Å². The molecule has 0 aromatic heterocycles. The van der Waals surface area contributed by atoms with E-state index in [0.29, 0.717) is 31.0 Å². The molecule has 6 heteroatoms. The Morgan fingerprint density at radius 3 is 2.41 bits per heavy atom. The van der Waals surface area contributed by atoms with Gasteiger partial charge < -0.3 is 7.86 Å². The number of halogens is 2. The van der Waals surface area contributed by atoms with Crippen molar-refractivity contribution in [2.75, 3.05) is 0 Å². The third kappa shape index (κ3) is 4.72. The highest BCUT2D eigenvalue weighted by Crippen LogP contribution is 2.61. The standard InChI is InChI=1S/C21H34I2O4/c1-7-17(25)19(5,8-2)14(3)16-9-10-21(22,11-12-24)20(6,15(16)4)13-18(26)27-23/h12,14-16H,7-11,13H2,1-6H3/t14?,15?,16?,19-,20?,21+/m0/s1. The summed E-state index contributed by atoms with van der Waals surface area (Å²) in [5.41, 5.74) is -0.716. The lowest BCUT2D eigenvalue weighted by molar-refractivity contribution is -0.141. The number of carbonyl (C=O) groups excluding carboxylic acids is 3. The first-order valence-electron chi connectivity index (χ1n) is 9.94. The Labute approximate surface area is 192 Å². The van der Waals surface area contributed by atoms with Crippen LogP contribution in [0.2, 0.25) is 0 Å². The van der Waals surface area contributed by atoms with Crippen LogP contribution in [0, 0.1) is 28.6 Å². The first-order valence-corrected chi connectivity index (χ1v) is 11.9. The van der Waals surface area contributed by atoms with E-state index in [1.165, 1.54) is 0 Å². The molecule has 1 fully saturated rings. The van der Waals surface area contributed by atoms with Crippen molar-refractivity contribution in [3.05, 3.63) is 0 Å². The van der Waals surface area contributed by atoms with Crippen LogP contribution in [-0.2, 0) is 17.4 Å². The molecule has 4 unspecified atom stereocenters. The van der Waals surface area contributed by atoms with Crippen molar-refractivity contribution in [2.24, 2.45) is 28.6 Å². The number of hydrogen-bond donors (Lipinski definition) is 0. The van der Waals surface area contributed by atoms with Gasteiger partial charge in [0.05, 0.1) is 6.42 Å². The van der Waals surface area contributed by atoms with E-state index in [1.807, 2.05) is 6.92 Å². The summed E-state index contributed by atoms with van der Waals surface area (Å²) >= 11 is 4.05. The van der Waals surface area contributed by atoms with E-state index in [1.54, 1.807) is 23.0 Å². The van der Waals surface area contributed by atoms with Crippen LogP contribution in [0.25, 0.3) is 0 Å². The van der Waals surface area contributed by atoms with Crippen LogP contribution in [0.5, 0.6) is 0 Å². The van der Waals surface area contributed by atoms with Crippen molar-refractivity contribution in [3.8, 4) is 0 Å². The molecule has 27 heavy (non-hydrogen) atoms. The fourth-order valence-electron chi connectivity index (χ4n) is 5.26. The molecule has 0 N–H and O–H groups in total. The van der Waals surface area contributed by atoms with Gasteiger partial charge in [-0.05, 0) is 42.4 Å². The molecule has 0 aromatic rings. The SMILES string of the molecule is CCC(=O)[C@@](C)(CC)C(C)C1CC[C@@](I)(CC=O)C(C)(CC(=O)OI)C1C. The highest BCUT2D eigenvalue weighted by molar-refractivity contribution is 14.1. The Kier molecular flexibility index (Phi) is 9.23. The number of hydrogen-bond acceptors (Lipinski definition) is 4. The lowest BCUT2D eigenvalue weighted by Crippen LogP contribution is -2.55. The van der Waals surface area contributed by atoms with Gasteiger partial charge in [-0.15, -0.1) is 0 Å². The number of carbonyl (C=O) groups is 3. The zero-order valence-corrected chi connectivity index (χ0v) is 21.8. The Morgan fingerprint density at radius 1 is 1.37 bits per heavy atom. The molecular weight excluding hydrogens is 570 g/mol. The van der Waals surface area contributed by atoms with Gasteiger partial charge in [0, 0.05) is 21.7 Å². The zero-order chi connectivity index (χ0) is 21.0. The topological polar surface area (TPSA) is 60.4 Å².